The van der Waals surface area contributed by atoms with Crippen molar-refractivity contribution in [2.45, 2.75) is 25.9 Å². The number of likely N-dealkylation sites (tertiary alicyclic amines) is 1. The molecule has 0 spiro atoms. The van der Waals surface area contributed by atoms with Crippen molar-refractivity contribution in [3.05, 3.63) is 71.0 Å². The van der Waals surface area contributed by atoms with Crippen molar-refractivity contribution in [2.24, 2.45) is 5.92 Å². The van der Waals surface area contributed by atoms with Crippen LogP contribution in [-0.2, 0) is 16.1 Å². The molecule has 1 aliphatic rings. The van der Waals surface area contributed by atoms with E-state index in [0.717, 1.165) is 16.7 Å². The molecule has 0 aromatic heterocycles. The fraction of sp³-hybridized carbons (Fsp3) is 0.300. The number of amides is 2. The predicted molar refractivity (Wildman–Crippen MR) is 93.0 cm³/mol. The molecule has 1 fully saturated rings. The van der Waals surface area contributed by atoms with E-state index in [4.69, 9.17) is 0 Å². The largest absolute Gasteiger partial charge is 0.352 e. The SMILES string of the molecule is Cc1cccc(CNC(=O)[C@H]2CC(=O)N(C)[C@@H]2c2ccc(F)cc2)c1. The highest BCUT2D eigenvalue weighted by Crippen LogP contribution is 2.37. The van der Waals surface area contributed by atoms with Gasteiger partial charge in [0, 0.05) is 20.0 Å². The number of hydrogen-bond acceptors (Lipinski definition) is 2. The minimum Gasteiger partial charge on any atom is -0.352 e. The molecule has 130 valence electrons. The van der Waals surface area contributed by atoms with Gasteiger partial charge in [-0.3, -0.25) is 9.59 Å². The summed E-state index contributed by atoms with van der Waals surface area (Å²) in [6.45, 7) is 2.42. The van der Waals surface area contributed by atoms with Crippen LogP contribution in [0.1, 0.15) is 29.2 Å². The Morgan fingerprint density at radius 2 is 1.96 bits per heavy atom. The first kappa shape index (κ1) is 17.1. The zero-order valence-corrected chi connectivity index (χ0v) is 14.3. The third-order valence-corrected chi connectivity index (χ3v) is 4.68. The lowest BCUT2D eigenvalue weighted by atomic mass is 9.93. The van der Waals surface area contributed by atoms with Gasteiger partial charge in [-0.2, -0.15) is 0 Å². The summed E-state index contributed by atoms with van der Waals surface area (Å²) >= 11 is 0. The summed E-state index contributed by atoms with van der Waals surface area (Å²) < 4.78 is 13.2. The molecule has 2 atom stereocenters. The second-order valence-corrected chi connectivity index (χ2v) is 6.52. The first-order valence-corrected chi connectivity index (χ1v) is 8.30. The first-order valence-electron chi connectivity index (χ1n) is 8.30. The van der Waals surface area contributed by atoms with E-state index in [1.54, 1.807) is 24.1 Å². The molecular weight excluding hydrogens is 319 g/mol. The van der Waals surface area contributed by atoms with Gasteiger partial charge in [0.15, 0.2) is 0 Å². The van der Waals surface area contributed by atoms with Crippen molar-refractivity contribution in [3.63, 3.8) is 0 Å². The molecule has 1 heterocycles. The second-order valence-electron chi connectivity index (χ2n) is 6.52. The molecule has 25 heavy (non-hydrogen) atoms. The first-order chi connectivity index (χ1) is 12.0. The summed E-state index contributed by atoms with van der Waals surface area (Å²) in [4.78, 5) is 26.4. The molecule has 1 aliphatic heterocycles. The van der Waals surface area contributed by atoms with E-state index in [-0.39, 0.29) is 30.1 Å². The molecule has 2 amide bonds. The third kappa shape index (κ3) is 3.71. The van der Waals surface area contributed by atoms with Crippen LogP contribution in [0.3, 0.4) is 0 Å². The molecule has 0 saturated carbocycles. The van der Waals surface area contributed by atoms with Crippen LogP contribution in [0.15, 0.2) is 48.5 Å². The summed E-state index contributed by atoms with van der Waals surface area (Å²) in [5.41, 5.74) is 2.92. The number of benzene rings is 2. The Bertz CT molecular complexity index is 789. The van der Waals surface area contributed by atoms with Gasteiger partial charge in [0.05, 0.1) is 12.0 Å². The number of aryl methyl sites for hydroxylation is 1. The maximum atomic E-state index is 13.2. The zero-order chi connectivity index (χ0) is 18.0. The third-order valence-electron chi connectivity index (χ3n) is 4.68. The molecular formula is C20H21FN2O2. The number of rotatable bonds is 4. The highest BCUT2D eigenvalue weighted by atomic mass is 19.1. The molecule has 1 saturated heterocycles. The minimum atomic E-state index is -0.479. The number of nitrogens with one attached hydrogen (secondary N) is 1. The molecule has 4 nitrogen and oxygen atoms in total. The Morgan fingerprint density at radius 1 is 1.24 bits per heavy atom. The van der Waals surface area contributed by atoms with Crippen molar-refractivity contribution in [2.75, 3.05) is 7.05 Å². The minimum absolute atomic E-state index is 0.0787. The molecule has 0 unspecified atom stereocenters. The maximum absolute atomic E-state index is 13.2. The second kappa shape index (κ2) is 7.05. The van der Waals surface area contributed by atoms with E-state index in [1.807, 2.05) is 31.2 Å². The van der Waals surface area contributed by atoms with Gasteiger partial charge in [0.2, 0.25) is 11.8 Å². The fourth-order valence-electron chi connectivity index (χ4n) is 3.36. The molecule has 1 N–H and O–H groups in total. The predicted octanol–water partition coefficient (Wildman–Crippen LogP) is 2.97. The lowest BCUT2D eigenvalue weighted by Crippen LogP contribution is -2.34. The van der Waals surface area contributed by atoms with E-state index in [2.05, 4.69) is 5.32 Å². The Morgan fingerprint density at radius 3 is 2.64 bits per heavy atom. The van der Waals surface area contributed by atoms with Gasteiger partial charge in [0.1, 0.15) is 5.82 Å². The van der Waals surface area contributed by atoms with Gasteiger partial charge in [-0.15, -0.1) is 0 Å². The lowest BCUT2D eigenvalue weighted by molar-refractivity contribution is -0.128. The summed E-state index contributed by atoms with van der Waals surface area (Å²) in [5, 5.41) is 2.93. The molecule has 2 aromatic carbocycles. The average molecular weight is 340 g/mol. The van der Waals surface area contributed by atoms with Crippen LogP contribution in [0.5, 0.6) is 0 Å². The highest BCUT2D eigenvalue weighted by molar-refractivity contribution is 5.90. The van der Waals surface area contributed by atoms with E-state index in [0.29, 0.717) is 6.54 Å². The van der Waals surface area contributed by atoms with Crippen LogP contribution in [0.4, 0.5) is 4.39 Å². The number of carbonyl (C=O) groups excluding carboxylic acids is 2. The quantitative estimate of drug-likeness (QED) is 0.930. The van der Waals surface area contributed by atoms with Gasteiger partial charge in [0.25, 0.3) is 0 Å². The van der Waals surface area contributed by atoms with Crippen molar-refractivity contribution in [1.29, 1.82) is 0 Å². The Hall–Kier alpha value is -2.69. The number of carbonyl (C=O) groups is 2. The van der Waals surface area contributed by atoms with Crippen LogP contribution in [0, 0.1) is 18.7 Å². The van der Waals surface area contributed by atoms with Crippen LogP contribution in [0.25, 0.3) is 0 Å². The summed E-state index contributed by atoms with van der Waals surface area (Å²) in [6, 6.07) is 13.5. The molecule has 0 radical (unpaired) electrons. The van der Waals surface area contributed by atoms with Gasteiger partial charge < -0.3 is 10.2 Å². The van der Waals surface area contributed by atoms with Crippen LogP contribution < -0.4 is 5.32 Å². The summed E-state index contributed by atoms with van der Waals surface area (Å²) in [5.74, 6) is -1.05. The van der Waals surface area contributed by atoms with Crippen molar-refractivity contribution >= 4 is 11.8 Å². The highest BCUT2D eigenvalue weighted by Gasteiger charge is 2.42. The summed E-state index contributed by atoms with van der Waals surface area (Å²) in [6.07, 6.45) is 0.165. The van der Waals surface area contributed by atoms with Crippen LogP contribution in [-0.4, -0.2) is 23.8 Å². The zero-order valence-electron chi connectivity index (χ0n) is 14.3. The topological polar surface area (TPSA) is 49.4 Å². The molecule has 3 rings (SSSR count). The van der Waals surface area contributed by atoms with Gasteiger partial charge in [-0.1, -0.05) is 42.0 Å². The van der Waals surface area contributed by atoms with E-state index < -0.39 is 5.92 Å². The molecule has 5 heteroatoms. The van der Waals surface area contributed by atoms with Crippen molar-refractivity contribution < 1.29 is 14.0 Å². The molecule has 0 aliphatic carbocycles. The number of hydrogen-bond donors (Lipinski definition) is 1. The molecule has 0 bridgehead atoms. The maximum Gasteiger partial charge on any atom is 0.226 e. The van der Waals surface area contributed by atoms with Crippen LogP contribution >= 0.6 is 0 Å². The van der Waals surface area contributed by atoms with E-state index in [9.17, 15) is 14.0 Å². The Kier molecular flexibility index (Phi) is 4.83. The standard InChI is InChI=1S/C20H21FN2O2/c1-13-4-3-5-14(10-13)12-22-20(25)17-11-18(24)23(2)19(17)15-6-8-16(21)9-7-15/h3-10,17,19H,11-12H2,1-2H3,(H,22,25)/t17-,19+/m0/s1. The number of halogens is 1. The Balaban J connectivity index is 1.75. The normalized spacial score (nSPS) is 20.0. The molecule has 2 aromatic rings. The average Bonchev–Trinajstić information content (AvgIpc) is 2.89. The number of nitrogens with zero attached hydrogens (tertiary/aromatic N) is 1. The van der Waals surface area contributed by atoms with Gasteiger partial charge in [-0.25, -0.2) is 4.39 Å². The van der Waals surface area contributed by atoms with Gasteiger partial charge in [-0.05, 0) is 30.2 Å². The van der Waals surface area contributed by atoms with E-state index in [1.165, 1.54) is 12.1 Å². The van der Waals surface area contributed by atoms with Crippen LogP contribution in [0.2, 0.25) is 0 Å². The van der Waals surface area contributed by atoms with Crippen molar-refractivity contribution in [1.82, 2.24) is 10.2 Å². The Labute approximate surface area is 146 Å². The van der Waals surface area contributed by atoms with Crippen molar-refractivity contribution in [3.8, 4) is 0 Å². The van der Waals surface area contributed by atoms with E-state index >= 15 is 0 Å². The van der Waals surface area contributed by atoms with Gasteiger partial charge >= 0.3 is 0 Å². The smallest absolute Gasteiger partial charge is 0.226 e. The summed E-state index contributed by atoms with van der Waals surface area (Å²) in [7, 11) is 1.68. The fourth-order valence-corrected chi connectivity index (χ4v) is 3.36. The monoisotopic (exact) mass is 340 g/mol. The lowest BCUT2D eigenvalue weighted by Gasteiger charge is -2.25.